The largest absolute Gasteiger partial charge is 0.481 e. The lowest BCUT2D eigenvalue weighted by atomic mass is 9.88. The summed E-state index contributed by atoms with van der Waals surface area (Å²) in [6, 6.07) is 4.82. The average molecular weight is 344 g/mol. The number of aromatic nitrogens is 3. The van der Waals surface area contributed by atoms with Crippen molar-refractivity contribution in [1.82, 2.24) is 14.8 Å². The van der Waals surface area contributed by atoms with Gasteiger partial charge in [-0.15, -0.1) is 0 Å². The van der Waals surface area contributed by atoms with Gasteiger partial charge in [0.25, 0.3) is 0 Å². The lowest BCUT2D eigenvalue weighted by molar-refractivity contribution is -0.137. The summed E-state index contributed by atoms with van der Waals surface area (Å²) in [4.78, 5) is 14.5. The maximum atomic E-state index is 11.0. The lowest BCUT2D eigenvalue weighted by Gasteiger charge is -2.29. The van der Waals surface area contributed by atoms with Crippen LogP contribution in [-0.2, 0) is 16.9 Å². The third-order valence-electron chi connectivity index (χ3n) is 3.30. The molecule has 0 bridgehead atoms. The van der Waals surface area contributed by atoms with Gasteiger partial charge in [-0.2, -0.15) is 5.10 Å². The highest BCUT2D eigenvalue weighted by Gasteiger charge is 2.32. The number of nitrogens with zero attached hydrogens (tertiary/aromatic N) is 3. The Morgan fingerprint density at radius 2 is 2.14 bits per heavy atom. The molecule has 0 aliphatic rings. The highest BCUT2D eigenvalue weighted by atomic mass is 35.5. The van der Waals surface area contributed by atoms with Crippen LogP contribution >= 0.6 is 23.2 Å². The van der Waals surface area contributed by atoms with Gasteiger partial charge in [-0.05, 0) is 25.0 Å². The van der Waals surface area contributed by atoms with E-state index in [-0.39, 0.29) is 19.4 Å². The number of aliphatic hydroxyl groups is 1. The number of hydrogen-bond acceptors (Lipinski definition) is 4. The van der Waals surface area contributed by atoms with E-state index in [9.17, 15) is 9.90 Å². The zero-order chi connectivity index (χ0) is 16.2. The Bertz CT molecular complexity index is 649. The minimum atomic E-state index is -1.36. The Morgan fingerprint density at radius 3 is 2.73 bits per heavy atom. The molecule has 0 aliphatic carbocycles. The molecule has 2 rings (SSSR count). The van der Waals surface area contributed by atoms with Crippen molar-refractivity contribution in [3.05, 3.63) is 46.5 Å². The number of carbonyl (C=O) groups is 1. The monoisotopic (exact) mass is 343 g/mol. The van der Waals surface area contributed by atoms with Crippen LogP contribution in [0.15, 0.2) is 30.9 Å². The first-order chi connectivity index (χ1) is 10.4. The van der Waals surface area contributed by atoms with Gasteiger partial charge in [-0.1, -0.05) is 29.3 Å². The SMILES string of the molecule is O=C(O)CCCC(O)(Cn1cncn1)c1ccc(Cl)cc1Cl. The molecule has 0 aliphatic heterocycles. The summed E-state index contributed by atoms with van der Waals surface area (Å²) in [5.41, 5.74) is -0.871. The van der Waals surface area contributed by atoms with Crippen molar-refractivity contribution < 1.29 is 15.0 Å². The first-order valence-corrected chi connectivity index (χ1v) is 7.38. The molecular formula is C14H15Cl2N3O3. The van der Waals surface area contributed by atoms with Crippen LogP contribution in [0, 0.1) is 0 Å². The number of rotatable bonds is 7. The maximum absolute atomic E-state index is 11.0. The predicted molar refractivity (Wildman–Crippen MR) is 81.9 cm³/mol. The molecule has 118 valence electrons. The van der Waals surface area contributed by atoms with Crippen LogP contribution in [0.4, 0.5) is 0 Å². The molecule has 2 aromatic rings. The number of halogens is 2. The van der Waals surface area contributed by atoms with Gasteiger partial charge in [0.2, 0.25) is 0 Å². The van der Waals surface area contributed by atoms with E-state index >= 15 is 0 Å². The zero-order valence-corrected chi connectivity index (χ0v) is 13.1. The average Bonchev–Trinajstić information content (AvgIpc) is 2.90. The van der Waals surface area contributed by atoms with Crippen molar-refractivity contribution in [2.75, 3.05) is 0 Å². The standard InChI is InChI=1S/C14H15Cl2N3O3/c15-10-3-4-11(12(16)6-10)14(22,5-1-2-13(20)21)7-19-9-17-8-18-19/h3-4,6,8-9,22H,1-2,5,7H2,(H,20,21). The fraction of sp³-hybridized carbons (Fsp3) is 0.357. The second-order valence-corrected chi connectivity index (χ2v) is 5.84. The van der Waals surface area contributed by atoms with E-state index in [4.69, 9.17) is 28.3 Å². The van der Waals surface area contributed by atoms with Crippen LogP contribution in [0.25, 0.3) is 0 Å². The van der Waals surface area contributed by atoms with Crippen molar-refractivity contribution in [2.45, 2.75) is 31.4 Å². The smallest absolute Gasteiger partial charge is 0.303 e. The van der Waals surface area contributed by atoms with Crippen molar-refractivity contribution in [3.8, 4) is 0 Å². The van der Waals surface area contributed by atoms with E-state index < -0.39 is 11.6 Å². The molecule has 1 aromatic carbocycles. The quantitative estimate of drug-likeness (QED) is 0.806. The number of hydrogen-bond donors (Lipinski definition) is 2. The first-order valence-electron chi connectivity index (χ1n) is 6.63. The Labute approximate surface area is 137 Å². The molecule has 22 heavy (non-hydrogen) atoms. The molecule has 1 unspecified atom stereocenters. The molecule has 8 heteroatoms. The van der Waals surface area contributed by atoms with Gasteiger partial charge in [-0.25, -0.2) is 9.67 Å². The molecule has 0 saturated heterocycles. The van der Waals surface area contributed by atoms with E-state index in [1.807, 2.05) is 0 Å². The third-order valence-corrected chi connectivity index (χ3v) is 3.85. The van der Waals surface area contributed by atoms with Gasteiger partial charge < -0.3 is 10.2 Å². The third kappa shape index (κ3) is 4.19. The van der Waals surface area contributed by atoms with Crippen molar-refractivity contribution in [2.24, 2.45) is 0 Å². The summed E-state index contributed by atoms with van der Waals surface area (Å²) in [7, 11) is 0. The van der Waals surface area contributed by atoms with Gasteiger partial charge in [-0.3, -0.25) is 4.79 Å². The Kier molecular flexibility index (Phi) is 5.39. The molecule has 0 fully saturated rings. The van der Waals surface area contributed by atoms with Crippen LogP contribution in [0.3, 0.4) is 0 Å². The summed E-state index contributed by atoms with van der Waals surface area (Å²) in [6.07, 6.45) is 3.33. The Balaban J connectivity index is 2.28. The topological polar surface area (TPSA) is 88.2 Å². The van der Waals surface area contributed by atoms with Crippen LogP contribution < -0.4 is 0 Å². The number of carboxylic acid groups (broad SMARTS) is 1. The van der Waals surface area contributed by atoms with Crippen molar-refractivity contribution in [3.63, 3.8) is 0 Å². The molecule has 0 spiro atoms. The van der Waals surface area contributed by atoms with Crippen molar-refractivity contribution in [1.29, 1.82) is 0 Å². The minimum Gasteiger partial charge on any atom is -0.481 e. The molecule has 2 N–H and O–H groups in total. The van der Waals surface area contributed by atoms with Crippen LogP contribution in [0.2, 0.25) is 10.0 Å². The van der Waals surface area contributed by atoms with E-state index in [0.717, 1.165) is 0 Å². The Hall–Kier alpha value is -1.63. The van der Waals surface area contributed by atoms with Gasteiger partial charge in [0.15, 0.2) is 0 Å². The van der Waals surface area contributed by atoms with Crippen LogP contribution in [0.5, 0.6) is 0 Å². The van der Waals surface area contributed by atoms with E-state index in [0.29, 0.717) is 22.0 Å². The fourth-order valence-electron chi connectivity index (χ4n) is 2.28. The summed E-state index contributed by atoms with van der Waals surface area (Å²) in [5.74, 6) is -0.912. The normalized spacial score (nSPS) is 13.8. The molecule has 0 radical (unpaired) electrons. The second-order valence-electron chi connectivity index (χ2n) is 5.00. The summed E-state index contributed by atoms with van der Waals surface area (Å²) in [6.45, 7) is 0.119. The lowest BCUT2D eigenvalue weighted by Crippen LogP contribution is -2.32. The summed E-state index contributed by atoms with van der Waals surface area (Å²) >= 11 is 12.1. The van der Waals surface area contributed by atoms with Crippen LogP contribution in [0.1, 0.15) is 24.8 Å². The molecular weight excluding hydrogens is 329 g/mol. The fourth-order valence-corrected chi connectivity index (χ4v) is 2.86. The van der Waals surface area contributed by atoms with Gasteiger partial charge >= 0.3 is 5.97 Å². The number of aliphatic carboxylic acids is 1. The van der Waals surface area contributed by atoms with E-state index in [1.54, 1.807) is 18.2 Å². The highest BCUT2D eigenvalue weighted by molar-refractivity contribution is 6.35. The summed E-state index contributed by atoms with van der Waals surface area (Å²) in [5, 5.41) is 24.6. The molecule has 1 heterocycles. The summed E-state index contributed by atoms with van der Waals surface area (Å²) < 4.78 is 1.48. The van der Waals surface area contributed by atoms with Crippen molar-refractivity contribution >= 4 is 29.2 Å². The van der Waals surface area contributed by atoms with Gasteiger partial charge in [0, 0.05) is 22.0 Å². The maximum Gasteiger partial charge on any atom is 0.303 e. The highest BCUT2D eigenvalue weighted by Crippen LogP contribution is 2.35. The molecule has 1 atom stereocenters. The number of carboxylic acids is 1. The zero-order valence-electron chi connectivity index (χ0n) is 11.6. The molecule has 6 nitrogen and oxygen atoms in total. The van der Waals surface area contributed by atoms with Crippen LogP contribution in [-0.4, -0.2) is 30.9 Å². The van der Waals surface area contributed by atoms with Gasteiger partial charge in [0.05, 0.1) is 6.54 Å². The molecule has 1 aromatic heterocycles. The first kappa shape index (κ1) is 16.7. The van der Waals surface area contributed by atoms with E-state index in [2.05, 4.69) is 10.1 Å². The van der Waals surface area contributed by atoms with Gasteiger partial charge in [0.1, 0.15) is 18.3 Å². The Morgan fingerprint density at radius 1 is 1.36 bits per heavy atom. The minimum absolute atomic E-state index is 0.0368. The predicted octanol–water partition coefficient (Wildman–Crippen LogP) is 2.73. The van der Waals surface area contributed by atoms with E-state index in [1.165, 1.54) is 17.3 Å². The molecule has 0 saturated carbocycles. The number of benzene rings is 1. The second kappa shape index (κ2) is 7.09. The molecule has 0 amide bonds.